The van der Waals surface area contributed by atoms with Crippen LogP contribution in [0, 0.1) is 12.8 Å². The van der Waals surface area contributed by atoms with Gasteiger partial charge in [0, 0.05) is 37.5 Å². The average molecular weight is 422 g/mol. The number of amides is 1. The molecule has 1 aliphatic carbocycles. The number of pyridine rings is 2. The van der Waals surface area contributed by atoms with Crippen LogP contribution in [0.3, 0.4) is 0 Å². The lowest BCUT2D eigenvalue weighted by molar-refractivity contribution is 0.0910. The molecule has 0 aromatic carbocycles. The van der Waals surface area contributed by atoms with E-state index in [1.54, 1.807) is 20.1 Å². The molecule has 0 saturated heterocycles. The zero-order chi connectivity index (χ0) is 21.6. The Labute approximate surface area is 181 Å². The quantitative estimate of drug-likeness (QED) is 0.573. The molecular weight excluding hydrogens is 394 g/mol. The fourth-order valence-corrected chi connectivity index (χ4v) is 3.89. The van der Waals surface area contributed by atoms with E-state index in [2.05, 4.69) is 25.8 Å². The SMILES string of the molecule is COCc1cccc(-c2ccc(N[C@H]3CC[C@@H](CNC(=O)c4cc(C)no4)C3)nc2)n1. The van der Waals surface area contributed by atoms with Gasteiger partial charge in [0.1, 0.15) is 5.82 Å². The first kappa shape index (κ1) is 21.0. The molecule has 2 N–H and O–H groups in total. The molecule has 1 saturated carbocycles. The van der Waals surface area contributed by atoms with Crippen LogP contribution in [0.15, 0.2) is 47.1 Å². The number of carbonyl (C=O) groups is 1. The number of anilines is 1. The molecule has 1 amide bonds. The van der Waals surface area contributed by atoms with Gasteiger partial charge in [0.05, 0.1) is 23.7 Å². The predicted octanol–water partition coefficient (Wildman–Crippen LogP) is 3.60. The number of aryl methyl sites for hydroxylation is 1. The maximum atomic E-state index is 12.1. The van der Waals surface area contributed by atoms with Crippen LogP contribution in [0.25, 0.3) is 11.3 Å². The number of nitrogens with one attached hydrogen (secondary N) is 2. The summed E-state index contributed by atoms with van der Waals surface area (Å²) in [6.07, 6.45) is 4.93. The Morgan fingerprint density at radius 3 is 2.90 bits per heavy atom. The van der Waals surface area contributed by atoms with Gasteiger partial charge in [-0.1, -0.05) is 11.2 Å². The standard InChI is InChI=1S/C23H27N5O3/c1-15-10-21(31-28-15)23(29)25-12-16-6-8-18(11-16)27-22-9-7-17(13-24-22)20-5-3-4-19(26-20)14-30-2/h3-5,7,9-10,13,16,18H,6,8,11-12,14H2,1-2H3,(H,24,27)(H,25,29)/t16-,18+/m1/s1. The molecule has 3 aromatic rings. The van der Waals surface area contributed by atoms with Crippen LogP contribution in [0.5, 0.6) is 0 Å². The van der Waals surface area contributed by atoms with Crippen LogP contribution < -0.4 is 10.6 Å². The minimum Gasteiger partial charge on any atom is -0.378 e. The maximum absolute atomic E-state index is 12.1. The van der Waals surface area contributed by atoms with Gasteiger partial charge in [-0.25, -0.2) is 4.98 Å². The van der Waals surface area contributed by atoms with Crippen LogP contribution in [0.2, 0.25) is 0 Å². The first-order valence-corrected chi connectivity index (χ1v) is 10.5. The third kappa shape index (κ3) is 5.46. The first-order chi connectivity index (χ1) is 15.1. The zero-order valence-electron chi connectivity index (χ0n) is 17.8. The minimum atomic E-state index is -0.211. The molecule has 0 aliphatic heterocycles. The van der Waals surface area contributed by atoms with Gasteiger partial charge >= 0.3 is 0 Å². The third-order valence-electron chi connectivity index (χ3n) is 5.45. The zero-order valence-corrected chi connectivity index (χ0v) is 17.8. The summed E-state index contributed by atoms with van der Waals surface area (Å²) in [7, 11) is 1.66. The number of rotatable bonds is 8. The van der Waals surface area contributed by atoms with E-state index in [1.807, 2.05) is 36.5 Å². The highest BCUT2D eigenvalue weighted by Crippen LogP contribution is 2.28. The molecule has 31 heavy (non-hydrogen) atoms. The Bertz CT molecular complexity index is 1020. The molecule has 4 rings (SSSR count). The molecule has 0 spiro atoms. The molecule has 3 aromatic heterocycles. The monoisotopic (exact) mass is 421 g/mol. The summed E-state index contributed by atoms with van der Waals surface area (Å²) >= 11 is 0. The van der Waals surface area contributed by atoms with Crippen molar-refractivity contribution in [3.8, 4) is 11.3 Å². The number of hydrogen-bond acceptors (Lipinski definition) is 7. The molecule has 1 aliphatic rings. The van der Waals surface area contributed by atoms with E-state index in [1.165, 1.54) is 0 Å². The van der Waals surface area contributed by atoms with Crippen molar-refractivity contribution in [2.45, 2.75) is 38.8 Å². The summed E-state index contributed by atoms with van der Waals surface area (Å²) < 4.78 is 10.2. The second-order valence-corrected chi connectivity index (χ2v) is 7.94. The summed E-state index contributed by atoms with van der Waals surface area (Å²) in [6, 6.07) is 11.9. The molecular formula is C23H27N5O3. The Balaban J connectivity index is 1.27. The number of methoxy groups -OCH3 is 1. The van der Waals surface area contributed by atoms with Crippen molar-refractivity contribution in [1.82, 2.24) is 20.4 Å². The molecule has 8 heteroatoms. The lowest BCUT2D eigenvalue weighted by Crippen LogP contribution is -2.28. The van der Waals surface area contributed by atoms with E-state index >= 15 is 0 Å². The van der Waals surface area contributed by atoms with Gasteiger partial charge in [0.2, 0.25) is 5.76 Å². The number of nitrogens with zero attached hydrogens (tertiary/aromatic N) is 3. The molecule has 0 radical (unpaired) electrons. The minimum absolute atomic E-state index is 0.211. The summed E-state index contributed by atoms with van der Waals surface area (Å²) in [6.45, 7) is 2.91. The summed E-state index contributed by atoms with van der Waals surface area (Å²) in [4.78, 5) is 21.3. The highest BCUT2D eigenvalue weighted by Gasteiger charge is 2.25. The smallest absolute Gasteiger partial charge is 0.289 e. The Morgan fingerprint density at radius 2 is 2.16 bits per heavy atom. The second-order valence-electron chi connectivity index (χ2n) is 7.94. The highest BCUT2D eigenvalue weighted by molar-refractivity contribution is 5.91. The summed E-state index contributed by atoms with van der Waals surface area (Å²) in [5.74, 6) is 1.33. The lowest BCUT2D eigenvalue weighted by atomic mass is 10.1. The molecule has 0 bridgehead atoms. The molecule has 0 unspecified atom stereocenters. The van der Waals surface area contributed by atoms with E-state index in [9.17, 15) is 4.79 Å². The van der Waals surface area contributed by atoms with Crippen molar-refractivity contribution in [2.24, 2.45) is 5.92 Å². The van der Waals surface area contributed by atoms with Crippen molar-refractivity contribution < 1.29 is 14.1 Å². The Hall–Kier alpha value is -3.26. The van der Waals surface area contributed by atoms with E-state index in [0.29, 0.717) is 30.8 Å². The van der Waals surface area contributed by atoms with Gasteiger partial charge < -0.3 is 19.9 Å². The highest BCUT2D eigenvalue weighted by atomic mass is 16.5. The van der Waals surface area contributed by atoms with Crippen LogP contribution in [-0.4, -0.2) is 40.7 Å². The molecule has 8 nitrogen and oxygen atoms in total. The van der Waals surface area contributed by atoms with Crippen LogP contribution in [-0.2, 0) is 11.3 Å². The summed E-state index contributed by atoms with van der Waals surface area (Å²) in [5.41, 5.74) is 3.45. The Morgan fingerprint density at radius 1 is 1.26 bits per heavy atom. The van der Waals surface area contributed by atoms with Crippen molar-refractivity contribution in [3.05, 3.63) is 59.7 Å². The van der Waals surface area contributed by atoms with Crippen molar-refractivity contribution in [3.63, 3.8) is 0 Å². The van der Waals surface area contributed by atoms with Gasteiger partial charge in [-0.05, 0) is 56.4 Å². The largest absolute Gasteiger partial charge is 0.378 e. The molecule has 1 fully saturated rings. The van der Waals surface area contributed by atoms with E-state index in [4.69, 9.17) is 9.26 Å². The maximum Gasteiger partial charge on any atom is 0.289 e. The van der Waals surface area contributed by atoms with E-state index < -0.39 is 0 Å². The third-order valence-corrected chi connectivity index (χ3v) is 5.45. The summed E-state index contributed by atoms with van der Waals surface area (Å²) in [5, 5.41) is 10.2. The van der Waals surface area contributed by atoms with Crippen molar-refractivity contribution in [1.29, 1.82) is 0 Å². The lowest BCUT2D eigenvalue weighted by Gasteiger charge is -2.14. The van der Waals surface area contributed by atoms with E-state index in [-0.39, 0.29) is 11.7 Å². The van der Waals surface area contributed by atoms with Gasteiger partial charge in [0.25, 0.3) is 5.91 Å². The topological polar surface area (TPSA) is 102 Å². The predicted molar refractivity (Wildman–Crippen MR) is 117 cm³/mol. The molecule has 162 valence electrons. The van der Waals surface area contributed by atoms with Crippen molar-refractivity contribution in [2.75, 3.05) is 19.0 Å². The van der Waals surface area contributed by atoms with Crippen LogP contribution >= 0.6 is 0 Å². The van der Waals surface area contributed by atoms with E-state index in [0.717, 1.165) is 42.0 Å². The van der Waals surface area contributed by atoms with Crippen LogP contribution in [0.1, 0.15) is 41.2 Å². The van der Waals surface area contributed by atoms with Gasteiger partial charge in [-0.3, -0.25) is 9.78 Å². The second kappa shape index (κ2) is 9.70. The number of ether oxygens (including phenoxy) is 1. The van der Waals surface area contributed by atoms with Gasteiger partial charge in [-0.2, -0.15) is 0 Å². The normalized spacial score (nSPS) is 18.1. The number of hydrogen-bond donors (Lipinski definition) is 2. The number of carbonyl (C=O) groups excluding carboxylic acids is 1. The average Bonchev–Trinajstić information content (AvgIpc) is 3.42. The van der Waals surface area contributed by atoms with Crippen LogP contribution in [0.4, 0.5) is 5.82 Å². The Kier molecular flexibility index (Phi) is 6.57. The van der Waals surface area contributed by atoms with Crippen molar-refractivity contribution >= 4 is 11.7 Å². The van der Waals surface area contributed by atoms with Gasteiger partial charge in [-0.15, -0.1) is 0 Å². The van der Waals surface area contributed by atoms with Gasteiger partial charge in [0.15, 0.2) is 0 Å². The number of aromatic nitrogens is 3. The first-order valence-electron chi connectivity index (χ1n) is 10.5. The molecule has 2 atom stereocenters. The fourth-order valence-electron chi connectivity index (χ4n) is 3.89. The molecule has 3 heterocycles. The fraction of sp³-hybridized carbons (Fsp3) is 0.391.